The van der Waals surface area contributed by atoms with E-state index in [9.17, 15) is 24.3 Å². The quantitative estimate of drug-likeness (QED) is 0.265. The van der Waals surface area contributed by atoms with Crippen LogP contribution in [0.3, 0.4) is 0 Å². The summed E-state index contributed by atoms with van der Waals surface area (Å²) in [6, 6.07) is 12.8. The fraction of sp³-hybridized carbons (Fsp3) is 0.529. The van der Waals surface area contributed by atoms with Gasteiger partial charge in [0, 0.05) is 60.9 Å². The summed E-state index contributed by atoms with van der Waals surface area (Å²) in [7, 11) is -3.51. The van der Waals surface area contributed by atoms with E-state index in [0.717, 1.165) is 17.7 Å². The molecule has 4 fully saturated rings. The summed E-state index contributed by atoms with van der Waals surface area (Å²) >= 11 is 0. The minimum Gasteiger partial charge on any atom is -0.394 e. The van der Waals surface area contributed by atoms with E-state index in [0.29, 0.717) is 55.8 Å². The van der Waals surface area contributed by atoms with Crippen LogP contribution >= 0.6 is 0 Å². The molecule has 10 nitrogen and oxygen atoms in total. The first-order valence-electron chi connectivity index (χ1n) is 16.4. The van der Waals surface area contributed by atoms with Gasteiger partial charge in [-0.15, -0.1) is 0 Å². The maximum absolute atomic E-state index is 16.3. The molecule has 4 amide bonds. The van der Waals surface area contributed by atoms with Crippen LogP contribution in [0.15, 0.2) is 42.5 Å². The number of likely N-dealkylation sites (tertiary alicyclic amines) is 1. The number of amides is 4. The van der Waals surface area contributed by atoms with Crippen LogP contribution in [0.5, 0.6) is 0 Å². The third-order valence-corrected chi connectivity index (χ3v) is 13.3. The third-order valence-electron chi connectivity index (χ3n) is 10.8. The van der Waals surface area contributed by atoms with Crippen molar-refractivity contribution in [2.75, 3.05) is 40.9 Å². The van der Waals surface area contributed by atoms with Gasteiger partial charge in [-0.05, 0) is 61.8 Å². The molecule has 0 radical (unpaired) electrons. The summed E-state index contributed by atoms with van der Waals surface area (Å²) < 4.78 is 23.2. The lowest BCUT2D eigenvalue weighted by atomic mass is 9.82. The number of halogens is 1. The molecule has 2 aromatic carbocycles. The molecule has 1 spiro atoms. The molecule has 7 rings (SSSR count). The van der Waals surface area contributed by atoms with Crippen molar-refractivity contribution in [1.82, 2.24) is 4.90 Å². The van der Waals surface area contributed by atoms with Gasteiger partial charge in [0.25, 0.3) is 5.91 Å². The predicted molar refractivity (Wildman–Crippen MR) is 173 cm³/mol. The van der Waals surface area contributed by atoms with E-state index in [4.69, 9.17) is 4.74 Å². The van der Waals surface area contributed by atoms with Crippen molar-refractivity contribution in [2.24, 2.45) is 5.92 Å². The number of hydrogen-bond acceptors (Lipinski definition) is 6. The lowest BCUT2D eigenvalue weighted by molar-refractivity contribution is -0.150. The van der Waals surface area contributed by atoms with Crippen LogP contribution in [0.25, 0.3) is 0 Å². The highest BCUT2D eigenvalue weighted by molar-refractivity contribution is 6.72. The Morgan fingerprint density at radius 2 is 1.72 bits per heavy atom. The molecular formula is C34H41FN4O6Si. The summed E-state index contributed by atoms with van der Waals surface area (Å²) in [6.07, 6.45) is 1.57. The Kier molecular flexibility index (Phi) is 7.60. The number of benzene rings is 2. The maximum Gasteiger partial charge on any atom is 0.264 e. The summed E-state index contributed by atoms with van der Waals surface area (Å²) in [5.74, 6) is -1.05. The first-order valence-corrected chi connectivity index (χ1v) is 19.3. The first-order chi connectivity index (χ1) is 21.9. The number of ether oxygens (including phenoxy) is 1. The number of carbonyl (C=O) groups is 4. The smallest absolute Gasteiger partial charge is 0.264 e. The highest BCUT2D eigenvalue weighted by Crippen LogP contribution is 2.61. The molecule has 0 saturated carbocycles. The van der Waals surface area contributed by atoms with Crippen molar-refractivity contribution >= 4 is 49.1 Å². The van der Waals surface area contributed by atoms with E-state index < -0.39 is 31.6 Å². The number of fused-ring (bicyclic) bond motifs is 2. The fourth-order valence-corrected chi connectivity index (χ4v) is 10.9. The highest BCUT2D eigenvalue weighted by Gasteiger charge is 2.67. The molecule has 5 heterocycles. The summed E-state index contributed by atoms with van der Waals surface area (Å²) in [6.45, 7) is 6.91. The van der Waals surface area contributed by atoms with Gasteiger partial charge in [0.1, 0.15) is 0 Å². The molecule has 46 heavy (non-hydrogen) atoms. The number of anilines is 3. The molecule has 12 heteroatoms. The Labute approximate surface area is 269 Å². The van der Waals surface area contributed by atoms with Crippen LogP contribution < -0.4 is 14.7 Å². The summed E-state index contributed by atoms with van der Waals surface area (Å²) in [5.41, 5.74) is 1.28. The zero-order valence-electron chi connectivity index (χ0n) is 26.6. The van der Waals surface area contributed by atoms with Crippen molar-refractivity contribution in [2.45, 2.75) is 82.0 Å². The van der Waals surface area contributed by atoms with Gasteiger partial charge >= 0.3 is 0 Å². The number of nitrogens with zero attached hydrogens (tertiary/aromatic N) is 4. The van der Waals surface area contributed by atoms with E-state index in [1.807, 2.05) is 49.4 Å². The number of carbonyl (C=O) groups excluding carboxylic acids is 4. The Bertz CT molecular complexity index is 1610. The fourth-order valence-electron chi connectivity index (χ4n) is 8.38. The lowest BCUT2D eigenvalue weighted by Gasteiger charge is -2.33. The van der Waals surface area contributed by atoms with Gasteiger partial charge in [-0.1, -0.05) is 19.1 Å². The Hall–Kier alpha value is -3.61. The van der Waals surface area contributed by atoms with Crippen LogP contribution in [0, 0.1) is 5.92 Å². The maximum atomic E-state index is 16.3. The molecule has 244 valence electrons. The van der Waals surface area contributed by atoms with Gasteiger partial charge in [0.15, 0.2) is 5.60 Å². The Morgan fingerprint density at radius 1 is 1.02 bits per heavy atom. The second-order valence-corrected chi connectivity index (χ2v) is 17.7. The molecular weight excluding hydrogens is 607 g/mol. The molecule has 2 aromatic rings. The van der Waals surface area contributed by atoms with E-state index in [2.05, 4.69) is 0 Å². The van der Waals surface area contributed by atoms with Gasteiger partial charge in [-0.25, -0.2) is 0 Å². The van der Waals surface area contributed by atoms with E-state index in [1.165, 1.54) is 0 Å². The second kappa shape index (κ2) is 11.3. The van der Waals surface area contributed by atoms with Crippen LogP contribution in [0.2, 0.25) is 18.6 Å². The van der Waals surface area contributed by atoms with Crippen LogP contribution in [0.4, 0.5) is 21.2 Å². The van der Waals surface area contributed by atoms with Crippen molar-refractivity contribution in [3.8, 4) is 0 Å². The molecule has 0 aliphatic carbocycles. The van der Waals surface area contributed by atoms with Crippen LogP contribution in [-0.4, -0.2) is 80.4 Å². The average Bonchev–Trinajstić information content (AvgIpc) is 3.66. The zero-order valence-corrected chi connectivity index (χ0v) is 27.6. The zero-order chi connectivity index (χ0) is 32.5. The van der Waals surface area contributed by atoms with Crippen LogP contribution in [-0.2, 0) is 36.1 Å². The molecule has 4 saturated heterocycles. The number of rotatable bonds is 8. The number of hydrogen-bond donors (Lipinski definition) is 1. The predicted octanol–water partition coefficient (Wildman–Crippen LogP) is 3.86. The standard InChI is InChI=1S/C34H41FN4O6Si/c1-21-32(46(2,3)35)28(18-31(43)36-13-5-8-25(36)20-40)45-34(21)26-17-24(38-15-12-30(38)42)9-10-27(26)39(33(34)44)19-22-6-4-7-23(16-22)37-14-11-29(37)41/h4,6-7,9-10,16-17,21,25,28,32,40H,5,8,11-15,18-20H2,1-3H3/t21-,25-,28+,32-,34+/m0/s1. The number of β-lactam (4-membered cyclic amide) rings is 2. The summed E-state index contributed by atoms with van der Waals surface area (Å²) in [5, 5.41) is 9.85. The second-order valence-electron chi connectivity index (χ2n) is 13.9. The van der Waals surface area contributed by atoms with Gasteiger partial charge < -0.3 is 33.6 Å². The minimum absolute atomic E-state index is 0.00405. The van der Waals surface area contributed by atoms with E-state index >= 15 is 4.11 Å². The van der Waals surface area contributed by atoms with Crippen molar-refractivity contribution in [3.05, 3.63) is 53.6 Å². The van der Waals surface area contributed by atoms with Gasteiger partial charge in [0.2, 0.25) is 26.1 Å². The topological polar surface area (TPSA) is 111 Å². The van der Waals surface area contributed by atoms with E-state index in [-0.39, 0.29) is 49.2 Å². The summed E-state index contributed by atoms with van der Waals surface area (Å²) in [4.78, 5) is 59.8. The number of aliphatic hydroxyl groups excluding tert-OH is 1. The van der Waals surface area contributed by atoms with Crippen molar-refractivity contribution < 1.29 is 33.1 Å². The number of aliphatic hydroxyl groups is 1. The lowest BCUT2D eigenvalue weighted by Crippen LogP contribution is -2.45. The van der Waals surface area contributed by atoms with Crippen molar-refractivity contribution in [3.63, 3.8) is 0 Å². The molecule has 5 aliphatic rings. The van der Waals surface area contributed by atoms with Crippen LogP contribution in [0.1, 0.15) is 50.2 Å². The van der Waals surface area contributed by atoms with Gasteiger partial charge in [-0.2, -0.15) is 0 Å². The first kappa shape index (κ1) is 31.0. The molecule has 0 aromatic heterocycles. The molecule has 0 bridgehead atoms. The third kappa shape index (κ3) is 4.79. The Morgan fingerprint density at radius 3 is 2.33 bits per heavy atom. The monoisotopic (exact) mass is 648 g/mol. The van der Waals surface area contributed by atoms with E-state index in [1.54, 1.807) is 32.7 Å². The highest BCUT2D eigenvalue weighted by atomic mass is 28.4. The van der Waals surface area contributed by atoms with Gasteiger partial charge in [0.05, 0.1) is 37.4 Å². The largest absolute Gasteiger partial charge is 0.394 e. The SMILES string of the molecule is C[C@H]1[C@H]([Si](C)(C)F)[C@@H](CC(=O)N2CCC[C@H]2CO)O[C@]12C(=O)N(Cc1cccc(N3CCC3=O)c1)c1ccc(N3CCC3=O)cc12. The van der Waals surface area contributed by atoms with Crippen molar-refractivity contribution in [1.29, 1.82) is 0 Å². The Balaban J connectivity index is 1.28. The molecule has 5 atom stereocenters. The molecule has 5 aliphatic heterocycles. The average molecular weight is 649 g/mol. The minimum atomic E-state index is -3.51. The molecule has 0 unspecified atom stereocenters. The molecule has 1 N–H and O–H groups in total. The van der Waals surface area contributed by atoms with Gasteiger partial charge in [-0.3, -0.25) is 19.2 Å². The normalized spacial score (nSPS) is 29.1.